The van der Waals surface area contributed by atoms with Crippen LogP contribution in [0.1, 0.15) is 33.9 Å². The van der Waals surface area contributed by atoms with Gasteiger partial charge in [0.2, 0.25) is 15.9 Å². The van der Waals surface area contributed by atoms with Crippen LogP contribution in [0.2, 0.25) is 0 Å². The maximum absolute atomic E-state index is 13.5. The van der Waals surface area contributed by atoms with Crippen LogP contribution in [0.3, 0.4) is 0 Å². The molecule has 9 heteroatoms. The fraction of sp³-hybridized carbons (Fsp3) is 0.259. The molecule has 2 aliphatic heterocycles. The van der Waals surface area contributed by atoms with E-state index in [0.717, 1.165) is 16.7 Å². The summed E-state index contributed by atoms with van der Waals surface area (Å²) < 4.78 is 33.7. The van der Waals surface area contributed by atoms with Crippen molar-refractivity contribution in [2.45, 2.75) is 30.9 Å². The average molecular weight is 507 g/mol. The molecule has 5 rings (SSSR count). The topological polar surface area (TPSA) is 104 Å². The molecule has 1 amide bonds. The van der Waals surface area contributed by atoms with Gasteiger partial charge in [0.15, 0.2) is 0 Å². The van der Waals surface area contributed by atoms with Crippen LogP contribution in [-0.4, -0.2) is 54.2 Å². The van der Waals surface area contributed by atoms with Crippen LogP contribution in [0.25, 0.3) is 0 Å². The van der Waals surface area contributed by atoms with Crippen molar-refractivity contribution in [3.05, 3.63) is 94.5 Å². The van der Waals surface area contributed by atoms with Crippen LogP contribution < -0.4 is 4.74 Å². The van der Waals surface area contributed by atoms with E-state index in [1.165, 1.54) is 4.31 Å². The number of hydrogen-bond acceptors (Lipinski definition) is 5. The van der Waals surface area contributed by atoms with E-state index in [-0.39, 0.29) is 36.9 Å². The van der Waals surface area contributed by atoms with Crippen LogP contribution in [0.15, 0.2) is 71.6 Å². The van der Waals surface area contributed by atoms with Gasteiger partial charge in [-0.15, -0.1) is 0 Å². The van der Waals surface area contributed by atoms with Crippen LogP contribution in [0, 0.1) is 6.92 Å². The zero-order valence-electron chi connectivity index (χ0n) is 19.8. The zero-order chi connectivity index (χ0) is 25.4. The Bertz CT molecular complexity index is 1430. The number of aryl methyl sites for hydroxylation is 1. The maximum atomic E-state index is 13.5. The van der Waals surface area contributed by atoms with E-state index in [0.29, 0.717) is 23.5 Å². The van der Waals surface area contributed by atoms with Crippen molar-refractivity contribution in [1.82, 2.24) is 9.21 Å². The van der Waals surface area contributed by atoms with E-state index in [2.05, 4.69) is 0 Å². The van der Waals surface area contributed by atoms with E-state index in [1.807, 2.05) is 31.2 Å². The summed E-state index contributed by atoms with van der Waals surface area (Å²) in [5.41, 5.74) is 4.04. The molecule has 0 radical (unpaired) electrons. The molecule has 0 aliphatic carbocycles. The number of carbonyl (C=O) groups is 2. The SMILES string of the molecule is Cc1ccc(S(=O)(=O)N2CCN(C3c4ccccc4COc4ccc(CC(=O)O)cc43)C(=O)C2)cc1. The molecular formula is C27H26N2O6S. The van der Waals surface area contributed by atoms with Crippen LogP contribution in [0.5, 0.6) is 5.75 Å². The Morgan fingerprint density at radius 3 is 2.50 bits per heavy atom. The number of rotatable bonds is 5. The highest BCUT2D eigenvalue weighted by molar-refractivity contribution is 7.89. The Labute approximate surface area is 209 Å². The normalized spacial score (nSPS) is 18.1. The summed E-state index contributed by atoms with van der Waals surface area (Å²) in [5.74, 6) is -0.700. The summed E-state index contributed by atoms with van der Waals surface area (Å²) in [6.45, 7) is 2.25. The van der Waals surface area contributed by atoms with Crippen LogP contribution in [-0.2, 0) is 32.6 Å². The average Bonchev–Trinajstić information content (AvgIpc) is 3.00. The third-order valence-electron chi connectivity index (χ3n) is 6.65. The molecule has 1 fully saturated rings. The number of aliphatic carboxylic acids is 1. The molecule has 0 aromatic heterocycles. The molecule has 36 heavy (non-hydrogen) atoms. The highest BCUT2D eigenvalue weighted by Gasteiger charge is 2.39. The lowest BCUT2D eigenvalue weighted by Gasteiger charge is -2.39. The number of piperazine rings is 1. The molecule has 0 spiro atoms. The van der Waals surface area contributed by atoms with Crippen molar-refractivity contribution in [2.75, 3.05) is 19.6 Å². The Morgan fingerprint density at radius 1 is 1.03 bits per heavy atom. The number of fused-ring (bicyclic) bond motifs is 2. The smallest absolute Gasteiger partial charge is 0.307 e. The van der Waals surface area contributed by atoms with E-state index in [9.17, 15) is 23.1 Å². The second-order valence-electron chi connectivity index (χ2n) is 9.07. The van der Waals surface area contributed by atoms with Gasteiger partial charge in [0.05, 0.1) is 23.9 Å². The van der Waals surface area contributed by atoms with Gasteiger partial charge >= 0.3 is 5.97 Å². The summed E-state index contributed by atoms with van der Waals surface area (Å²) >= 11 is 0. The highest BCUT2D eigenvalue weighted by Crippen LogP contribution is 2.41. The molecule has 2 aliphatic rings. The molecular weight excluding hydrogens is 480 g/mol. The number of carbonyl (C=O) groups excluding carboxylic acids is 1. The second kappa shape index (κ2) is 9.40. The number of sulfonamides is 1. The van der Waals surface area contributed by atoms with Gasteiger partial charge < -0.3 is 14.7 Å². The number of amides is 1. The maximum Gasteiger partial charge on any atom is 0.307 e. The molecule has 186 valence electrons. The lowest BCUT2D eigenvalue weighted by atomic mass is 9.91. The molecule has 1 saturated heterocycles. The van der Waals surface area contributed by atoms with E-state index in [4.69, 9.17) is 4.74 Å². The second-order valence-corrected chi connectivity index (χ2v) is 11.0. The van der Waals surface area contributed by atoms with Gasteiger partial charge in [-0.25, -0.2) is 8.42 Å². The zero-order valence-corrected chi connectivity index (χ0v) is 20.6. The van der Waals surface area contributed by atoms with Crippen molar-refractivity contribution >= 4 is 21.9 Å². The van der Waals surface area contributed by atoms with Crippen molar-refractivity contribution in [1.29, 1.82) is 0 Å². The molecule has 1 atom stereocenters. The molecule has 3 aromatic rings. The fourth-order valence-electron chi connectivity index (χ4n) is 4.82. The summed E-state index contributed by atoms with van der Waals surface area (Å²) in [7, 11) is -3.82. The number of ether oxygens (including phenoxy) is 1. The molecule has 1 N–H and O–H groups in total. The monoisotopic (exact) mass is 506 g/mol. The van der Waals surface area contributed by atoms with E-state index < -0.39 is 22.0 Å². The summed E-state index contributed by atoms with van der Waals surface area (Å²) in [6, 6.07) is 19.0. The molecule has 2 heterocycles. The number of hydrogen-bond donors (Lipinski definition) is 1. The van der Waals surface area contributed by atoms with Crippen molar-refractivity contribution in [2.24, 2.45) is 0 Å². The van der Waals surface area contributed by atoms with Gasteiger partial charge in [-0.05, 0) is 47.9 Å². The summed E-state index contributed by atoms with van der Waals surface area (Å²) in [6.07, 6.45) is -0.155. The molecule has 3 aromatic carbocycles. The van der Waals surface area contributed by atoms with Gasteiger partial charge in [0, 0.05) is 18.7 Å². The van der Waals surface area contributed by atoms with Gasteiger partial charge in [-0.2, -0.15) is 4.31 Å². The first kappa shape index (κ1) is 24.0. The van der Waals surface area contributed by atoms with Gasteiger partial charge in [-0.1, -0.05) is 48.0 Å². The lowest BCUT2D eigenvalue weighted by molar-refractivity contribution is -0.137. The van der Waals surface area contributed by atoms with Gasteiger partial charge in [0.1, 0.15) is 12.4 Å². The molecule has 8 nitrogen and oxygen atoms in total. The first-order chi connectivity index (χ1) is 17.2. The molecule has 1 unspecified atom stereocenters. The van der Waals surface area contributed by atoms with Gasteiger partial charge in [-0.3, -0.25) is 9.59 Å². The van der Waals surface area contributed by atoms with Crippen LogP contribution >= 0.6 is 0 Å². The Kier molecular flexibility index (Phi) is 6.27. The number of nitrogens with zero attached hydrogens (tertiary/aromatic N) is 2. The molecule has 0 saturated carbocycles. The fourth-order valence-corrected chi connectivity index (χ4v) is 6.20. The van der Waals surface area contributed by atoms with Crippen molar-refractivity contribution in [3.8, 4) is 5.75 Å². The minimum Gasteiger partial charge on any atom is -0.489 e. The Hall–Kier alpha value is -3.69. The standard InChI is InChI=1S/C27H26N2O6S/c1-18-6-9-21(10-7-18)36(33,34)28-12-13-29(25(30)16-28)27-22-5-3-2-4-20(22)17-35-24-11-8-19(14-23(24)27)15-26(31)32/h2-11,14,27H,12-13,15-17H2,1H3,(H,31,32). The van der Waals surface area contributed by atoms with Crippen molar-refractivity contribution in [3.63, 3.8) is 0 Å². The predicted octanol–water partition coefficient (Wildman–Crippen LogP) is 3.14. The largest absolute Gasteiger partial charge is 0.489 e. The molecule has 0 bridgehead atoms. The van der Waals surface area contributed by atoms with E-state index in [1.54, 1.807) is 47.4 Å². The Morgan fingerprint density at radius 2 is 1.78 bits per heavy atom. The minimum atomic E-state index is -3.82. The third-order valence-corrected chi connectivity index (χ3v) is 8.51. The van der Waals surface area contributed by atoms with Gasteiger partial charge in [0.25, 0.3) is 0 Å². The number of carboxylic acid groups (broad SMARTS) is 1. The quantitative estimate of drug-likeness (QED) is 0.570. The van der Waals surface area contributed by atoms with E-state index >= 15 is 0 Å². The number of benzene rings is 3. The summed E-state index contributed by atoms with van der Waals surface area (Å²) in [4.78, 5) is 26.7. The number of carboxylic acids is 1. The minimum absolute atomic E-state index is 0.144. The lowest BCUT2D eigenvalue weighted by Crippen LogP contribution is -2.53. The van der Waals surface area contributed by atoms with Crippen LogP contribution in [0.4, 0.5) is 0 Å². The predicted molar refractivity (Wildman–Crippen MR) is 132 cm³/mol. The van der Waals surface area contributed by atoms with Crippen molar-refractivity contribution < 1.29 is 27.9 Å². The highest BCUT2D eigenvalue weighted by atomic mass is 32.2. The first-order valence-corrected chi connectivity index (χ1v) is 13.1. The Balaban J connectivity index is 1.51. The first-order valence-electron chi connectivity index (χ1n) is 11.7. The summed E-state index contributed by atoms with van der Waals surface area (Å²) in [5, 5.41) is 9.30. The third kappa shape index (κ3) is 4.47.